The van der Waals surface area contributed by atoms with Crippen LogP contribution in [0.25, 0.3) is 10.9 Å². The third-order valence-electron chi connectivity index (χ3n) is 2.84. The molecule has 0 bridgehead atoms. The van der Waals surface area contributed by atoms with Gasteiger partial charge >= 0.3 is 0 Å². The van der Waals surface area contributed by atoms with Crippen molar-refractivity contribution >= 4 is 38.6 Å². The van der Waals surface area contributed by atoms with Gasteiger partial charge in [0.15, 0.2) is 0 Å². The number of para-hydroxylation sites is 1. The SMILES string of the molecule is CC(Br)C(=O)NNC(=O)c1cc2ccccc2n1C. The van der Waals surface area contributed by atoms with E-state index in [0.717, 1.165) is 10.9 Å². The Morgan fingerprint density at radius 2 is 1.95 bits per heavy atom. The molecule has 19 heavy (non-hydrogen) atoms. The number of hydrazine groups is 1. The van der Waals surface area contributed by atoms with Gasteiger partial charge < -0.3 is 4.57 Å². The highest BCUT2D eigenvalue weighted by atomic mass is 79.9. The normalized spacial score (nSPS) is 12.2. The minimum absolute atomic E-state index is 0.299. The van der Waals surface area contributed by atoms with Crippen LogP contribution in [0.3, 0.4) is 0 Å². The molecule has 1 aromatic carbocycles. The standard InChI is InChI=1S/C13H14BrN3O2/c1-8(14)12(18)15-16-13(19)11-7-9-5-3-4-6-10(9)17(11)2/h3-8H,1-2H3,(H,15,18)(H,16,19). The fourth-order valence-electron chi connectivity index (χ4n) is 1.79. The molecule has 0 spiro atoms. The van der Waals surface area contributed by atoms with E-state index in [-0.39, 0.29) is 16.6 Å². The van der Waals surface area contributed by atoms with E-state index in [0.29, 0.717) is 5.69 Å². The second-order valence-corrected chi connectivity index (χ2v) is 5.58. The summed E-state index contributed by atoms with van der Waals surface area (Å²) < 4.78 is 1.79. The fraction of sp³-hybridized carbons (Fsp3) is 0.231. The summed E-state index contributed by atoms with van der Waals surface area (Å²) in [5.74, 6) is -0.646. The number of benzene rings is 1. The van der Waals surface area contributed by atoms with E-state index in [1.165, 1.54) is 0 Å². The smallest absolute Gasteiger partial charge is 0.286 e. The lowest BCUT2D eigenvalue weighted by Gasteiger charge is -2.09. The van der Waals surface area contributed by atoms with E-state index in [1.807, 2.05) is 31.3 Å². The number of hydrogen-bond donors (Lipinski definition) is 2. The summed E-state index contributed by atoms with van der Waals surface area (Å²) in [6.07, 6.45) is 0. The number of carbonyl (C=O) groups excluding carboxylic acids is 2. The monoisotopic (exact) mass is 323 g/mol. The maximum absolute atomic E-state index is 12.0. The van der Waals surface area contributed by atoms with Gasteiger partial charge in [-0.1, -0.05) is 34.1 Å². The van der Waals surface area contributed by atoms with Crippen molar-refractivity contribution in [3.63, 3.8) is 0 Å². The Bertz CT molecular complexity index is 634. The van der Waals surface area contributed by atoms with E-state index < -0.39 is 0 Å². The lowest BCUT2D eigenvalue weighted by atomic mass is 10.2. The fourth-order valence-corrected chi connectivity index (χ4v) is 1.90. The van der Waals surface area contributed by atoms with E-state index >= 15 is 0 Å². The largest absolute Gasteiger partial charge is 0.340 e. The molecular formula is C13H14BrN3O2. The van der Waals surface area contributed by atoms with Crippen LogP contribution in [0.5, 0.6) is 0 Å². The number of aryl methyl sites for hydroxylation is 1. The molecule has 100 valence electrons. The van der Waals surface area contributed by atoms with Crippen molar-refractivity contribution in [3.8, 4) is 0 Å². The summed E-state index contributed by atoms with van der Waals surface area (Å²) in [6, 6.07) is 9.49. The lowest BCUT2D eigenvalue weighted by molar-refractivity contribution is -0.120. The number of fused-ring (bicyclic) bond motifs is 1. The molecule has 1 atom stereocenters. The van der Waals surface area contributed by atoms with Crippen LogP contribution in [0.15, 0.2) is 30.3 Å². The molecule has 0 aliphatic rings. The molecule has 6 heteroatoms. The van der Waals surface area contributed by atoms with Crippen molar-refractivity contribution in [1.29, 1.82) is 0 Å². The van der Waals surface area contributed by atoms with Gasteiger partial charge in [0.25, 0.3) is 11.8 Å². The molecule has 0 saturated heterocycles. The Balaban J connectivity index is 2.18. The van der Waals surface area contributed by atoms with Crippen LogP contribution >= 0.6 is 15.9 Å². The second-order valence-electron chi connectivity index (χ2n) is 4.21. The van der Waals surface area contributed by atoms with Crippen molar-refractivity contribution in [2.75, 3.05) is 0 Å². The first kappa shape index (κ1) is 13.6. The van der Waals surface area contributed by atoms with Gasteiger partial charge in [-0.15, -0.1) is 0 Å². The quantitative estimate of drug-likeness (QED) is 0.653. The van der Waals surface area contributed by atoms with Crippen LogP contribution < -0.4 is 10.9 Å². The van der Waals surface area contributed by atoms with Crippen molar-refractivity contribution in [2.45, 2.75) is 11.8 Å². The topological polar surface area (TPSA) is 63.1 Å². The average molecular weight is 324 g/mol. The van der Waals surface area contributed by atoms with Crippen LogP contribution in [-0.2, 0) is 11.8 Å². The summed E-state index contributed by atoms with van der Waals surface area (Å²) in [6.45, 7) is 1.68. The molecule has 5 nitrogen and oxygen atoms in total. The van der Waals surface area contributed by atoms with Crippen LogP contribution in [0.1, 0.15) is 17.4 Å². The maximum Gasteiger partial charge on any atom is 0.286 e. The molecule has 2 N–H and O–H groups in total. The number of nitrogens with one attached hydrogen (secondary N) is 2. The van der Waals surface area contributed by atoms with Crippen LogP contribution in [-0.4, -0.2) is 21.2 Å². The first-order valence-electron chi connectivity index (χ1n) is 5.79. The number of halogens is 1. The van der Waals surface area contributed by atoms with Crippen LogP contribution in [0, 0.1) is 0 Å². The number of hydrogen-bond acceptors (Lipinski definition) is 2. The highest BCUT2D eigenvalue weighted by Gasteiger charge is 2.14. The molecule has 2 aromatic rings. The molecule has 2 amide bonds. The molecule has 0 fully saturated rings. The van der Waals surface area contributed by atoms with Crippen molar-refractivity contribution < 1.29 is 9.59 Å². The molecule has 0 saturated carbocycles. The zero-order chi connectivity index (χ0) is 14.0. The van der Waals surface area contributed by atoms with E-state index in [4.69, 9.17) is 0 Å². The van der Waals surface area contributed by atoms with Gasteiger partial charge in [-0.2, -0.15) is 0 Å². The van der Waals surface area contributed by atoms with Gasteiger partial charge in [-0.05, 0) is 19.1 Å². The molecule has 1 aromatic heterocycles. The Labute approximate surface area is 119 Å². The van der Waals surface area contributed by atoms with Gasteiger partial charge in [0.2, 0.25) is 0 Å². The van der Waals surface area contributed by atoms with Crippen molar-refractivity contribution in [2.24, 2.45) is 7.05 Å². The first-order valence-corrected chi connectivity index (χ1v) is 6.71. The van der Waals surface area contributed by atoms with Gasteiger partial charge in [0, 0.05) is 18.0 Å². The molecule has 1 heterocycles. The Hall–Kier alpha value is -1.82. The van der Waals surface area contributed by atoms with E-state index in [9.17, 15) is 9.59 Å². The molecule has 0 aliphatic heterocycles. The zero-order valence-electron chi connectivity index (χ0n) is 10.6. The summed E-state index contributed by atoms with van der Waals surface area (Å²) in [4.78, 5) is 23.0. The zero-order valence-corrected chi connectivity index (χ0v) is 12.2. The molecule has 2 rings (SSSR count). The number of amides is 2. The number of alkyl halides is 1. The van der Waals surface area contributed by atoms with Crippen molar-refractivity contribution in [3.05, 3.63) is 36.0 Å². The Morgan fingerprint density at radius 1 is 1.26 bits per heavy atom. The maximum atomic E-state index is 12.0. The van der Waals surface area contributed by atoms with Crippen LogP contribution in [0.2, 0.25) is 0 Å². The number of aromatic nitrogens is 1. The highest BCUT2D eigenvalue weighted by Crippen LogP contribution is 2.17. The minimum atomic E-state index is -0.361. The minimum Gasteiger partial charge on any atom is -0.340 e. The predicted molar refractivity (Wildman–Crippen MR) is 76.9 cm³/mol. The number of rotatable bonds is 2. The molecule has 0 aliphatic carbocycles. The van der Waals surface area contributed by atoms with Crippen molar-refractivity contribution in [1.82, 2.24) is 15.4 Å². The van der Waals surface area contributed by atoms with Gasteiger partial charge in [-0.25, -0.2) is 0 Å². The third-order valence-corrected chi connectivity index (χ3v) is 3.26. The Morgan fingerprint density at radius 3 is 2.58 bits per heavy atom. The summed E-state index contributed by atoms with van der Waals surface area (Å²) in [7, 11) is 1.81. The molecule has 1 unspecified atom stereocenters. The molecule has 0 radical (unpaired) electrons. The first-order chi connectivity index (χ1) is 9.00. The van der Waals surface area contributed by atoms with E-state index in [2.05, 4.69) is 26.8 Å². The second kappa shape index (κ2) is 5.44. The Kier molecular flexibility index (Phi) is 3.90. The van der Waals surface area contributed by atoms with Gasteiger partial charge in [0.1, 0.15) is 5.69 Å². The highest BCUT2D eigenvalue weighted by molar-refractivity contribution is 9.10. The average Bonchev–Trinajstić information content (AvgIpc) is 2.73. The summed E-state index contributed by atoms with van der Waals surface area (Å²) in [5.41, 5.74) is 6.20. The van der Waals surface area contributed by atoms with E-state index in [1.54, 1.807) is 17.6 Å². The van der Waals surface area contributed by atoms with Gasteiger partial charge in [-0.3, -0.25) is 20.4 Å². The third kappa shape index (κ3) is 2.78. The molecular weight excluding hydrogens is 310 g/mol. The predicted octanol–water partition coefficient (Wildman–Crippen LogP) is 1.72. The summed E-state index contributed by atoms with van der Waals surface area (Å²) >= 11 is 3.12. The number of carbonyl (C=O) groups is 2. The van der Waals surface area contributed by atoms with Gasteiger partial charge in [0.05, 0.1) is 4.83 Å². The summed E-state index contributed by atoms with van der Waals surface area (Å²) in [5, 5.41) is 0.982. The number of nitrogens with zero attached hydrogens (tertiary/aromatic N) is 1. The van der Waals surface area contributed by atoms with Crippen LogP contribution in [0.4, 0.5) is 0 Å². The lowest BCUT2D eigenvalue weighted by Crippen LogP contribution is -2.44.